The molecule has 0 radical (unpaired) electrons. The highest BCUT2D eigenvalue weighted by Crippen LogP contribution is 2.12. The van der Waals surface area contributed by atoms with E-state index >= 15 is 0 Å². The van der Waals surface area contributed by atoms with Crippen molar-refractivity contribution >= 4 is 17.5 Å². The highest BCUT2D eigenvalue weighted by molar-refractivity contribution is 6.33. The van der Waals surface area contributed by atoms with Crippen molar-refractivity contribution in [1.29, 1.82) is 0 Å². The van der Waals surface area contributed by atoms with Crippen LogP contribution in [0.2, 0.25) is 5.02 Å². The summed E-state index contributed by atoms with van der Waals surface area (Å²) in [5, 5.41) is 3.14. The highest BCUT2D eigenvalue weighted by atomic mass is 35.5. The summed E-state index contributed by atoms with van der Waals surface area (Å²) in [6.45, 7) is 1.19. The van der Waals surface area contributed by atoms with Crippen LogP contribution in [0.15, 0.2) is 18.5 Å². The minimum absolute atomic E-state index is 0.204. The summed E-state index contributed by atoms with van der Waals surface area (Å²) >= 11 is 5.83. The molecule has 1 amide bonds. The van der Waals surface area contributed by atoms with Crippen molar-refractivity contribution in [3.8, 4) is 0 Å². The van der Waals surface area contributed by atoms with Gasteiger partial charge in [-0.1, -0.05) is 11.6 Å². The Morgan fingerprint density at radius 2 is 2.47 bits per heavy atom. The van der Waals surface area contributed by atoms with Gasteiger partial charge in [0.05, 0.1) is 10.6 Å². The number of hydrogen-bond donors (Lipinski definition) is 1. The summed E-state index contributed by atoms with van der Waals surface area (Å²) in [5.41, 5.74) is 0.400. The summed E-state index contributed by atoms with van der Waals surface area (Å²) < 4.78 is 4.86. The van der Waals surface area contributed by atoms with E-state index in [1.165, 1.54) is 6.20 Å². The van der Waals surface area contributed by atoms with Gasteiger partial charge in [0.15, 0.2) is 0 Å². The lowest BCUT2D eigenvalue weighted by atomic mass is 10.2. The molecule has 0 aromatic carbocycles. The third-order valence-electron chi connectivity index (χ3n) is 1.82. The molecule has 1 aromatic heterocycles. The number of carbonyl (C=O) groups excluding carboxylic acids is 1. The fraction of sp³-hybridized carbons (Fsp3) is 0.400. The van der Waals surface area contributed by atoms with Gasteiger partial charge in [-0.2, -0.15) is 0 Å². The van der Waals surface area contributed by atoms with Crippen LogP contribution in [0.5, 0.6) is 0 Å². The third kappa shape index (κ3) is 3.85. The molecule has 1 rings (SSSR count). The van der Waals surface area contributed by atoms with Crippen molar-refractivity contribution in [3.05, 3.63) is 29.0 Å². The van der Waals surface area contributed by atoms with Crippen LogP contribution in [0.3, 0.4) is 0 Å². The minimum Gasteiger partial charge on any atom is -0.385 e. The molecule has 15 heavy (non-hydrogen) atoms. The Hall–Kier alpha value is -1.13. The molecule has 0 unspecified atom stereocenters. The zero-order valence-electron chi connectivity index (χ0n) is 8.50. The van der Waals surface area contributed by atoms with Gasteiger partial charge < -0.3 is 10.1 Å². The Morgan fingerprint density at radius 1 is 1.67 bits per heavy atom. The number of rotatable bonds is 5. The molecule has 0 atom stereocenters. The molecule has 0 bridgehead atoms. The van der Waals surface area contributed by atoms with E-state index in [1.807, 2.05) is 0 Å². The zero-order valence-corrected chi connectivity index (χ0v) is 9.25. The molecule has 0 aliphatic rings. The Morgan fingerprint density at radius 3 is 3.13 bits per heavy atom. The molecule has 1 N–H and O–H groups in total. The van der Waals surface area contributed by atoms with Crippen LogP contribution < -0.4 is 5.32 Å². The van der Waals surface area contributed by atoms with Gasteiger partial charge in [-0.05, 0) is 12.5 Å². The number of halogens is 1. The van der Waals surface area contributed by atoms with Gasteiger partial charge >= 0.3 is 0 Å². The van der Waals surface area contributed by atoms with Crippen LogP contribution in [0, 0.1) is 0 Å². The number of methoxy groups -OCH3 is 1. The molecular weight excluding hydrogens is 216 g/mol. The number of aromatic nitrogens is 1. The molecule has 4 nitrogen and oxygen atoms in total. The first-order valence-electron chi connectivity index (χ1n) is 4.62. The lowest BCUT2D eigenvalue weighted by molar-refractivity contribution is 0.0948. The van der Waals surface area contributed by atoms with Crippen molar-refractivity contribution in [3.63, 3.8) is 0 Å². The van der Waals surface area contributed by atoms with Gasteiger partial charge in [0, 0.05) is 32.7 Å². The summed E-state index contributed by atoms with van der Waals surface area (Å²) in [7, 11) is 1.62. The Labute approximate surface area is 93.6 Å². The smallest absolute Gasteiger partial charge is 0.254 e. The first kappa shape index (κ1) is 11.9. The van der Waals surface area contributed by atoms with Gasteiger partial charge in [-0.15, -0.1) is 0 Å². The van der Waals surface area contributed by atoms with Crippen LogP contribution in [0.25, 0.3) is 0 Å². The van der Waals surface area contributed by atoms with E-state index in [4.69, 9.17) is 16.3 Å². The Balaban J connectivity index is 2.44. The number of pyridine rings is 1. The molecule has 0 aliphatic heterocycles. The second-order valence-electron chi connectivity index (χ2n) is 2.96. The van der Waals surface area contributed by atoms with Crippen molar-refractivity contribution < 1.29 is 9.53 Å². The lowest BCUT2D eigenvalue weighted by Crippen LogP contribution is -2.25. The fourth-order valence-corrected chi connectivity index (χ4v) is 1.25. The number of amides is 1. The Bertz CT molecular complexity index is 331. The summed E-state index contributed by atoms with van der Waals surface area (Å²) in [6, 6.07) is 1.59. The van der Waals surface area contributed by atoms with E-state index in [1.54, 1.807) is 19.4 Å². The van der Waals surface area contributed by atoms with E-state index in [0.717, 1.165) is 6.42 Å². The maximum absolute atomic E-state index is 11.6. The number of nitrogens with one attached hydrogen (secondary N) is 1. The first-order valence-corrected chi connectivity index (χ1v) is 5.00. The van der Waals surface area contributed by atoms with Crippen LogP contribution >= 0.6 is 11.6 Å². The van der Waals surface area contributed by atoms with Crippen LogP contribution in [0.1, 0.15) is 16.8 Å². The molecular formula is C10H13ClN2O2. The number of ether oxygens (including phenoxy) is 1. The molecule has 1 heterocycles. The van der Waals surface area contributed by atoms with Crippen LogP contribution in [-0.2, 0) is 4.74 Å². The second kappa shape index (κ2) is 6.37. The molecule has 0 saturated carbocycles. The van der Waals surface area contributed by atoms with E-state index in [0.29, 0.717) is 23.7 Å². The van der Waals surface area contributed by atoms with Crippen molar-refractivity contribution in [2.75, 3.05) is 20.3 Å². The Kier molecular flexibility index (Phi) is 5.07. The minimum atomic E-state index is -0.204. The van der Waals surface area contributed by atoms with Crippen LogP contribution in [0.4, 0.5) is 0 Å². The summed E-state index contributed by atoms with van der Waals surface area (Å²) in [4.78, 5) is 15.4. The SMILES string of the molecule is COCCCNC(=O)c1cnccc1Cl. The molecule has 0 spiro atoms. The summed E-state index contributed by atoms with van der Waals surface area (Å²) in [5.74, 6) is -0.204. The molecule has 0 aliphatic carbocycles. The monoisotopic (exact) mass is 228 g/mol. The van der Waals surface area contributed by atoms with Crippen LogP contribution in [-0.4, -0.2) is 31.2 Å². The quantitative estimate of drug-likeness (QED) is 0.778. The van der Waals surface area contributed by atoms with E-state index in [9.17, 15) is 4.79 Å². The average Bonchev–Trinajstić information content (AvgIpc) is 2.25. The number of hydrogen-bond acceptors (Lipinski definition) is 3. The van der Waals surface area contributed by atoms with E-state index < -0.39 is 0 Å². The van der Waals surface area contributed by atoms with Gasteiger partial charge in [-0.3, -0.25) is 9.78 Å². The second-order valence-corrected chi connectivity index (χ2v) is 3.36. The predicted molar refractivity (Wildman–Crippen MR) is 58.1 cm³/mol. The van der Waals surface area contributed by atoms with E-state index in [-0.39, 0.29) is 5.91 Å². The van der Waals surface area contributed by atoms with E-state index in [2.05, 4.69) is 10.3 Å². The van der Waals surface area contributed by atoms with Gasteiger partial charge in [0.1, 0.15) is 0 Å². The fourth-order valence-electron chi connectivity index (χ4n) is 1.06. The maximum atomic E-state index is 11.6. The lowest BCUT2D eigenvalue weighted by Gasteiger charge is -2.05. The largest absolute Gasteiger partial charge is 0.385 e. The highest BCUT2D eigenvalue weighted by Gasteiger charge is 2.08. The topological polar surface area (TPSA) is 51.2 Å². The summed E-state index contributed by atoms with van der Waals surface area (Å²) in [6.07, 6.45) is 3.78. The third-order valence-corrected chi connectivity index (χ3v) is 2.15. The predicted octanol–water partition coefficient (Wildman–Crippen LogP) is 1.50. The maximum Gasteiger partial charge on any atom is 0.254 e. The van der Waals surface area contributed by atoms with Gasteiger partial charge in [-0.25, -0.2) is 0 Å². The van der Waals surface area contributed by atoms with Gasteiger partial charge in [0.2, 0.25) is 0 Å². The molecule has 82 valence electrons. The number of carbonyl (C=O) groups is 1. The molecule has 5 heteroatoms. The first-order chi connectivity index (χ1) is 7.25. The molecule has 0 saturated heterocycles. The normalized spacial score (nSPS) is 10.0. The average molecular weight is 229 g/mol. The molecule has 1 aromatic rings. The van der Waals surface area contributed by atoms with Crippen molar-refractivity contribution in [2.24, 2.45) is 0 Å². The zero-order chi connectivity index (χ0) is 11.1. The van der Waals surface area contributed by atoms with Gasteiger partial charge in [0.25, 0.3) is 5.91 Å². The van der Waals surface area contributed by atoms with Crippen molar-refractivity contribution in [2.45, 2.75) is 6.42 Å². The standard InChI is InChI=1S/C10H13ClN2O2/c1-15-6-2-4-13-10(14)8-7-12-5-3-9(8)11/h3,5,7H,2,4,6H2,1H3,(H,13,14). The molecule has 0 fully saturated rings. The van der Waals surface area contributed by atoms with Crippen molar-refractivity contribution in [1.82, 2.24) is 10.3 Å². The number of nitrogens with zero attached hydrogens (tertiary/aromatic N) is 1.